The third-order valence-corrected chi connectivity index (χ3v) is 3.95. The Labute approximate surface area is 122 Å². The summed E-state index contributed by atoms with van der Waals surface area (Å²) in [4.78, 5) is 4.16. The summed E-state index contributed by atoms with van der Waals surface area (Å²) in [7, 11) is 0. The van der Waals surface area contributed by atoms with Gasteiger partial charge in [-0.1, -0.05) is 42.3 Å². The lowest BCUT2D eigenvalue weighted by Crippen LogP contribution is -2.21. The first kappa shape index (κ1) is 14.4. The lowest BCUT2D eigenvalue weighted by Gasteiger charge is -2.25. The molecule has 0 aliphatic heterocycles. The molecule has 1 aromatic heterocycles. The van der Waals surface area contributed by atoms with Crippen molar-refractivity contribution in [1.82, 2.24) is 4.98 Å². The van der Waals surface area contributed by atoms with Crippen molar-refractivity contribution in [2.45, 2.75) is 19.8 Å². The highest BCUT2D eigenvalue weighted by Crippen LogP contribution is 2.32. The van der Waals surface area contributed by atoms with E-state index >= 15 is 0 Å². The second-order valence-electron chi connectivity index (χ2n) is 4.74. The van der Waals surface area contributed by atoms with Crippen LogP contribution in [0.3, 0.4) is 0 Å². The van der Waals surface area contributed by atoms with Crippen molar-refractivity contribution in [1.29, 1.82) is 0 Å². The highest BCUT2D eigenvalue weighted by Gasteiger charge is 2.20. The number of nitrogens with two attached hydrogens (primary N) is 1. The van der Waals surface area contributed by atoms with Gasteiger partial charge in [-0.25, -0.2) is 5.84 Å². The number of halogens is 2. The predicted molar refractivity (Wildman–Crippen MR) is 78.6 cm³/mol. The number of aromatic nitrogens is 1. The summed E-state index contributed by atoms with van der Waals surface area (Å²) in [6.07, 6.45) is 6.52. The van der Waals surface area contributed by atoms with Gasteiger partial charge in [0.2, 0.25) is 5.88 Å². The first-order valence-corrected chi connectivity index (χ1v) is 6.98. The van der Waals surface area contributed by atoms with Crippen molar-refractivity contribution in [2.75, 3.05) is 12.0 Å². The number of nitrogens with one attached hydrogen (secondary N) is 1. The summed E-state index contributed by atoms with van der Waals surface area (Å²) in [5.41, 5.74) is 2.42. The predicted octanol–water partition coefficient (Wildman–Crippen LogP) is 3.66. The van der Waals surface area contributed by atoms with Gasteiger partial charge >= 0.3 is 0 Å². The smallest absolute Gasteiger partial charge is 0.234 e. The van der Waals surface area contributed by atoms with Gasteiger partial charge in [0.05, 0.1) is 11.6 Å². The van der Waals surface area contributed by atoms with Gasteiger partial charge in [-0.15, -0.1) is 0 Å². The summed E-state index contributed by atoms with van der Waals surface area (Å²) in [6.45, 7) is 2.81. The number of hydrazine groups is 1. The Morgan fingerprint density at radius 3 is 2.79 bits per heavy atom. The first-order chi connectivity index (χ1) is 9.11. The van der Waals surface area contributed by atoms with E-state index in [1.54, 1.807) is 6.07 Å². The Balaban J connectivity index is 2.05. The molecule has 0 spiro atoms. The number of hydrogen-bond donors (Lipinski definition) is 2. The van der Waals surface area contributed by atoms with E-state index in [9.17, 15) is 0 Å². The zero-order valence-electron chi connectivity index (χ0n) is 10.7. The van der Waals surface area contributed by atoms with Crippen LogP contribution in [0.4, 0.5) is 5.82 Å². The summed E-state index contributed by atoms with van der Waals surface area (Å²) >= 11 is 12.0. The molecule has 1 aliphatic rings. The molecule has 2 rings (SSSR count). The van der Waals surface area contributed by atoms with E-state index in [4.69, 9.17) is 33.8 Å². The van der Waals surface area contributed by atoms with Gasteiger partial charge in [-0.3, -0.25) is 0 Å². The Kier molecular flexibility index (Phi) is 4.91. The molecular weight excluding hydrogens is 285 g/mol. The van der Waals surface area contributed by atoms with Crippen LogP contribution in [0, 0.1) is 11.8 Å². The lowest BCUT2D eigenvalue weighted by atomic mass is 9.85. The molecule has 1 aliphatic carbocycles. The third-order valence-electron chi connectivity index (χ3n) is 3.39. The van der Waals surface area contributed by atoms with Crippen LogP contribution in [-0.2, 0) is 0 Å². The Hall–Kier alpha value is -0.970. The lowest BCUT2D eigenvalue weighted by molar-refractivity contribution is 0.193. The van der Waals surface area contributed by atoms with E-state index in [1.165, 1.54) is 0 Å². The van der Waals surface area contributed by atoms with Crippen molar-refractivity contribution < 1.29 is 4.74 Å². The molecule has 1 heterocycles. The molecule has 0 saturated heterocycles. The number of nitrogens with zero attached hydrogens (tertiary/aromatic N) is 1. The van der Waals surface area contributed by atoms with Gasteiger partial charge in [0.1, 0.15) is 5.02 Å². The number of allylic oxidation sites excluding steroid dienone is 2. The largest absolute Gasteiger partial charge is 0.476 e. The van der Waals surface area contributed by atoms with Gasteiger partial charge in [0, 0.05) is 0 Å². The van der Waals surface area contributed by atoms with Crippen molar-refractivity contribution >= 4 is 29.0 Å². The van der Waals surface area contributed by atoms with Crippen molar-refractivity contribution in [3.63, 3.8) is 0 Å². The SMILES string of the molecule is CC1CC=CCC1COc1nc(NN)c(Cl)cc1Cl. The van der Waals surface area contributed by atoms with Crippen LogP contribution in [-0.4, -0.2) is 11.6 Å². The van der Waals surface area contributed by atoms with Crippen molar-refractivity contribution in [2.24, 2.45) is 17.7 Å². The van der Waals surface area contributed by atoms with Crippen LogP contribution in [0.5, 0.6) is 5.88 Å². The van der Waals surface area contributed by atoms with Gasteiger partial charge in [-0.05, 0) is 30.7 Å². The zero-order valence-corrected chi connectivity index (χ0v) is 12.2. The molecule has 3 N–H and O–H groups in total. The van der Waals surface area contributed by atoms with Crippen LogP contribution in [0.2, 0.25) is 10.0 Å². The van der Waals surface area contributed by atoms with Crippen LogP contribution < -0.4 is 16.0 Å². The first-order valence-electron chi connectivity index (χ1n) is 6.22. The molecule has 0 radical (unpaired) electrons. The quantitative estimate of drug-likeness (QED) is 0.506. The molecule has 1 aromatic rings. The van der Waals surface area contributed by atoms with E-state index in [0.29, 0.717) is 40.2 Å². The Bertz CT molecular complexity index is 479. The van der Waals surface area contributed by atoms with Gasteiger partial charge in [-0.2, -0.15) is 4.98 Å². The number of anilines is 1. The summed E-state index contributed by atoms with van der Waals surface area (Å²) in [6, 6.07) is 1.57. The molecule has 6 heteroatoms. The molecule has 2 unspecified atom stereocenters. The Morgan fingerprint density at radius 2 is 2.11 bits per heavy atom. The van der Waals surface area contributed by atoms with Gasteiger partial charge in [0.15, 0.2) is 5.82 Å². The fraction of sp³-hybridized carbons (Fsp3) is 0.462. The number of hydrogen-bond acceptors (Lipinski definition) is 4. The minimum atomic E-state index is 0.359. The van der Waals surface area contributed by atoms with Crippen molar-refractivity contribution in [3.8, 4) is 5.88 Å². The topological polar surface area (TPSA) is 60.2 Å². The molecule has 2 atom stereocenters. The fourth-order valence-electron chi connectivity index (χ4n) is 2.08. The molecule has 0 bridgehead atoms. The summed E-state index contributed by atoms with van der Waals surface area (Å²) < 4.78 is 5.71. The highest BCUT2D eigenvalue weighted by molar-refractivity contribution is 6.36. The summed E-state index contributed by atoms with van der Waals surface area (Å²) in [5, 5.41) is 0.761. The monoisotopic (exact) mass is 301 g/mol. The van der Waals surface area contributed by atoms with E-state index in [2.05, 4.69) is 29.5 Å². The average molecular weight is 302 g/mol. The number of pyridine rings is 1. The fourth-order valence-corrected chi connectivity index (χ4v) is 2.54. The molecule has 0 fully saturated rings. The second-order valence-corrected chi connectivity index (χ2v) is 5.56. The van der Waals surface area contributed by atoms with Gasteiger partial charge in [0.25, 0.3) is 0 Å². The van der Waals surface area contributed by atoms with Crippen LogP contribution in [0.1, 0.15) is 19.8 Å². The van der Waals surface area contributed by atoms with Crippen molar-refractivity contribution in [3.05, 3.63) is 28.3 Å². The van der Waals surface area contributed by atoms with Crippen LogP contribution in [0.25, 0.3) is 0 Å². The standard InChI is InChI=1S/C13H17Cl2N3O/c1-8-4-2-3-5-9(8)7-19-13-11(15)6-10(14)12(17-13)18-16/h2-3,6,8-9H,4-5,7,16H2,1H3,(H,17,18). The zero-order chi connectivity index (χ0) is 13.8. The minimum Gasteiger partial charge on any atom is -0.476 e. The van der Waals surface area contributed by atoms with E-state index in [-0.39, 0.29) is 0 Å². The van der Waals surface area contributed by atoms with E-state index in [0.717, 1.165) is 12.8 Å². The molecule has 0 amide bonds. The maximum atomic E-state index is 6.06. The number of nitrogen functional groups attached to an aromatic ring is 1. The summed E-state index contributed by atoms with van der Waals surface area (Å²) in [5.74, 6) is 7.13. The molecule has 19 heavy (non-hydrogen) atoms. The average Bonchev–Trinajstić information content (AvgIpc) is 2.39. The molecular formula is C13H17Cl2N3O. The highest BCUT2D eigenvalue weighted by atomic mass is 35.5. The second kappa shape index (κ2) is 6.46. The Morgan fingerprint density at radius 1 is 1.37 bits per heavy atom. The van der Waals surface area contributed by atoms with E-state index in [1.807, 2.05) is 0 Å². The van der Waals surface area contributed by atoms with Gasteiger partial charge < -0.3 is 10.2 Å². The maximum Gasteiger partial charge on any atom is 0.234 e. The van der Waals surface area contributed by atoms with Crippen LogP contribution >= 0.6 is 23.2 Å². The normalized spacial score (nSPS) is 22.3. The number of ether oxygens (including phenoxy) is 1. The van der Waals surface area contributed by atoms with E-state index < -0.39 is 0 Å². The van der Waals surface area contributed by atoms with Crippen LogP contribution in [0.15, 0.2) is 18.2 Å². The molecule has 0 aromatic carbocycles. The number of rotatable bonds is 4. The maximum absolute atomic E-state index is 6.06. The molecule has 0 saturated carbocycles. The minimum absolute atomic E-state index is 0.359. The third kappa shape index (κ3) is 3.53. The molecule has 104 valence electrons. The molecule has 4 nitrogen and oxygen atoms in total.